The molecule has 0 amide bonds. The Balaban J connectivity index is 1.93. The first-order valence-corrected chi connectivity index (χ1v) is 10.0. The van der Waals surface area contributed by atoms with E-state index in [0.717, 1.165) is 22.4 Å². The van der Waals surface area contributed by atoms with Crippen LogP contribution in [0.1, 0.15) is 57.7 Å². The topological polar surface area (TPSA) is 142 Å². The number of rotatable bonds is 8. The number of aromatic amines is 1. The fourth-order valence-corrected chi connectivity index (χ4v) is 3.39. The van der Waals surface area contributed by atoms with Crippen LogP contribution in [-0.2, 0) is 17.6 Å². The van der Waals surface area contributed by atoms with Gasteiger partial charge in [0.2, 0.25) is 0 Å². The summed E-state index contributed by atoms with van der Waals surface area (Å²) in [6.45, 7) is 3.64. The van der Waals surface area contributed by atoms with Crippen LogP contribution < -0.4 is 11.5 Å². The molecule has 7 heteroatoms. The molecule has 0 atom stereocenters. The number of nitrogen functional groups attached to an aromatic ring is 2. The summed E-state index contributed by atoms with van der Waals surface area (Å²) in [4.78, 5) is 16.2. The van der Waals surface area contributed by atoms with E-state index in [2.05, 4.69) is 4.98 Å². The van der Waals surface area contributed by atoms with Crippen molar-refractivity contribution in [3.8, 4) is 0 Å². The molecule has 3 rings (SSSR count). The average molecular weight is 418 g/mol. The Morgan fingerprint density at radius 2 is 1.65 bits per heavy atom. The van der Waals surface area contributed by atoms with E-state index in [-0.39, 0.29) is 23.7 Å². The molecule has 0 bridgehead atoms. The van der Waals surface area contributed by atoms with Gasteiger partial charge in [-0.25, -0.2) is 4.79 Å². The summed E-state index contributed by atoms with van der Waals surface area (Å²) < 4.78 is 5.51. The Morgan fingerprint density at radius 1 is 0.968 bits per heavy atom. The van der Waals surface area contributed by atoms with Crippen molar-refractivity contribution in [2.24, 2.45) is 11.5 Å². The van der Waals surface area contributed by atoms with E-state index >= 15 is 0 Å². The van der Waals surface area contributed by atoms with Gasteiger partial charge in [-0.1, -0.05) is 42.5 Å². The summed E-state index contributed by atoms with van der Waals surface area (Å²) in [5, 5.41) is 15.2. The maximum atomic E-state index is 12.9. The first kappa shape index (κ1) is 21.8. The van der Waals surface area contributed by atoms with E-state index in [1.54, 1.807) is 18.2 Å². The number of H-pyrrole nitrogens is 1. The normalized spacial score (nSPS) is 10.8. The lowest BCUT2D eigenvalue weighted by atomic mass is 9.98. The molecule has 31 heavy (non-hydrogen) atoms. The number of carbonyl (C=O) groups excluding carboxylic acids is 1. The number of aromatic nitrogens is 1. The van der Waals surface area contributed by atoms with Crippen LogP contribution in [0.3, 0.4) is 0 Å². The third kappa shape index (κ3) is 5.39. The second-order valence-corrected chi connectivity index (χ2v) is 7.70. The SMILES string of the molecule is CC(C)OC(=O)c1c(Cc2cccc(C(=N)N)c2)c[nH]c1Cc1ccc(C(=N)N)cc1. The molecule has 0 spiro atoms. The molecule has 1 heterocycles. The van der Waals surface area contributed by atoms with Gasteiger partial charge in [-0.05, 0) is 43.0 Å². The minimum atomic E-state index is -0.371. The second kappa shape index (κ2) is 9.30. The number of nitrogens with one attached hydrogen (secondary N) is 3. The number of esters is 1. The van der Waals surface area contributed by atoms with Crippen molar-refractivity contribution < 1.29 is 9.53 Å². The predicted octanol–water partition coefficient (Wildman–Crippen LogP) is 3.33. The lowest BCUT2D eigenvalue weighted by Crippen LogP contribution is -2.15. The van der Waals surface area contributed by atoms with Gasteiger partial charge in [-0.3, -0.25) is 10.8 Å². The van der Waals surface area contributed by atoms with E-state index in [1.165, 1.54) is 0 Å². The second-order valence-electron chi connectivity index (χ2n) is 7.70. The Hall–Kier alpha value is -3.87. The van der Waals surface area contributed by atoms with Gasteiger partial charge in [-0.2, -0.15) is 0 Å². The predicted molar refractivity (Wildman–Crippen MR) is 122 cm³/mol. The summed E-state index contributed by atoms with van der Waals surface area (Å²) in [6, 6.07) is 14.8. The maximum absolute atomic E-state index is 12.9. The summed E-state index contributed by atoms with van der Waals surface area (Å²) in [5.41, 5.74) is 16.5. The fraction of sp³-hybridized carbons (Fsp3) is 0.208. The number of hydrogen-bond acceptors (Lipinski definition) is 4. The van der Waals surface area contributed by atoms with E-state index in [0.29, 0.717) is 29.5 Å². The smallest absolute Gasteiger partial charge is 0.340 e. The van der Waals surface area contributed by atoms with Gasteiger partial charge < -0.3 is 21.2 Å². The number of hydrogen-bond donors (Lipinski definition) is 5. The minimum absolute atomic E-state index is 0.00468. The molecular formula is C24H27N5O2. The third-order valence-corrected chi connectivity index (χ3v) is 4.87. The number of nitrogens with two attached hydrogens (primary N) is 2. The molecular weight excluding hydrogens is 390 g/mol. The first-order chi connectivity index (χ1) is 14.7. The van der Waals surface area contributed by atoms with Crippen LogP contribution in [-0.4, -0.2) is 28.7 Å². The van der Waals surface area contributed by atoms with Gasteiger partial charge >= 0.3 is 5.97 Å². The van der Waals surface area contributed by atoms with Crippen molar-refractivity contribution in [1.29, 1.82) is 10.8 Å². The highest BCUT2D eigenvalue weighted by Gasteiger charge is 2.21. The zero-order valence-electron chi connectivity index (χ0n) is 17.7. The van der Waals surface area contributed by atoms with Crippen molar-refractivity contribution in [3.05, 3.63) is 93.8 Å². The molecule has 0 unspecified atom stereocenters. The van der Waals surface area contributed by atoms with Gasteiger partial charge in [0.05, 0.1) is 11.7 Å². The van der Waals surface area contributed by atoms with Crippen LogP contribution in [0.25, 0.3) is 0 Å². The van der Waals surface area contributed by atoms with Crippen molar-refractivity contribution in [2.75, 3.05) is 0 Å². The van der Waals surface area contributed by atoms with Crippen molar-refractivity contribution in [2.45, 2.75) is 32.8 Å². The fourth-order valence-electron chi connectivity index (χ4n) is 3.39. The van der Waals surface area contributed by atoms with Crippen molar-refractivity contribution in [1.82, 2.24) is 4.98 Å². The molecule has 0 radical (unpaired) electrons. The molecule has 2 aromatic carbocycles. The van der Waals surface area contributed by atoms with E-state index in [9.17, 15) is 4.79 Å². The molecule has 0 fully saturated rings. The van der Waals surface area contributed by atoms with Gasteiger partial charge in [0.25, 0.3) is 0 Å². The van der Waals surface area contributed by atoms with Crippen LogP contribution in [0.4, 0.5) is 0 Å². The number of benzene rings is 2. The Labute approximate surface area is 181 Å². The van der Waals surface area contributed by atoms with E-state index in [1.807, 2.05) is 50.4 Å². The van der Waals surface area contributed by atoms with Crippen LogP contribution in [0.5, 0.6) is 0 Å². The van der Waals surface area contributed by atoms with Gasteiger partial charge in [0.1, 0.15) is 11.7 Å². The van der Waals surface area contributed by atoms with Gasteiger partial charge in [0.15, 0.2) is 0 Å². The molecule has 1 aromatic heterocycles. The first-order valence-electron chi connectivity index (χ1n) is 10.0. The molecule has 0 saturated heterocycles. The molecule has 160 valence electrons. The maximum Gasteiger partial charge on any atom is 0.340 e. The summed E-state index contributed by atoms with van der Waals surface area (Å²) >= 11 is 0. The molecule has 3 aromatic rings. The van der Waals surface area contributed by atoms with Crippen LogP contribution in [0.15, 0.2) is 54.7 Å². The monoisotopic (exact) mass is 417 g/mol. The molecule has 0 aliphatic carbocycles. The molecule has 0 aliphatic rings. The standard InChI is InChI=1S/C24H27N5O2/c1-14(2)31-24(30)21-19(11-16-4-3-5-18(10-16)23(27)28)13-29-20(21)12-15-6-8-17(9-7-15)22(25)26/h3-10,13-14,29H,11-12H2,1-2H3,(H3,25,26)(H3,27,28). The number of amidine groups is 2. The molecule has 7 N–H and O–H groups in total. The largest absolute Gasteiger partial charge is 0.459 e. The Kier molecular flexibility index (Phi) is 6.55. The highest BCUT2D eigenvalue weighted by Crippen LogP contribution is 2.23. The lowest BCUT2D eigenvalue weighted by Gasteiger charge is -2.12. The lowest BCUT2D eigenvalue weighted by molar-refractivity contribution is 0.0376. The summed E-state index contributed by atoms with van der Waals surface area (Å²) in [6.07, 6.45) is 2.60. The summed E-state index contributed by atoms with van der Waals surface area (Å²) in [7, 11) is 0. The highest BCUT2D eigenvalue weighted by atomic mass is 16.5. The van der Waals surface area contributed by atoms with Gasteiger partial charge in [0, 0.05) is 29.4 Å². The zero-order chi connectivity index (χ0) is 22.5. The quantitative estimate of drug-likeness (QED) is 0.218. The highest BCUT2D eigenvalue weighted by molar-refractivity contribution is 5.96. The average Bonchev–Trinajstić information content (AvgIpc) is 3.10. The van der Waals surface area contributed by atoms with Crippen molar-refractivity contribution >= 4 is 17.6 Å². The van der Waals surface area contributed by atoms with E-state index < -0.39 is 0 Å². The van der Waals surface area contributed by atoms with Gasteiger partial charge in [-0.15, -0.1) is 0 Å². The molecule has 7 nitrogen and oxygen atoms in total. The zero-order valence-corrected chi connectivity index (χ0v) is 17.7. The molecule has 0 saturated carbocycles. The minimum Gasteiger partial charge on any atom is -0.459 e. The number of carbonyl (C=O) groups is 1. The third-order valence-electron chi connectivity index (χ3n) is 4.87. The van der Waals surface area contributed by atoms with Crippen molar-refractivity contribution in [3.63, 3.8) is 0 Å². The van der Waals surface area contributed by atoms with Crippen LogP contribution in [0.2, 0.25) is 0 Å². The van der Waals surface area contributed by atoms with Crippen LogP contribution in [0, 0.1) is 10.8 Å². The van der Waals surface area contributed by atoms with Crippen LogP contribution >= 0.6 is 0 Å². The Morgan fingerprint density at radius 3 is 2.26 bits per heavy atom. The number of ether oxygens (including phenoxy) is 1. The summed E-state index contributed by atoms with van der Waals surface area (Å²) in [5.74, 6) is -0.350. The Bertz CT molecular complexity index is 1110. The van der Waals surface area contributed by atoms with E-state index in [4.69, 9.17) is 27.0 Å². The molecule has 0 aliphatic heterocycles.